The van der Waals surface area contributed by atoms with Crippen molar-refractivity contribution < 1.29 is 8.91 Å². The van der Waals surface area contributed by atoms with Gasteiger partial charge < -0.3 is 9.84 Å². The van der Waals surface area contributed by atoms with Crippen molar-refractivity contribution in [2.75, 3.05) is 13.1 Å². The molecule has 17 heavy (non-hydrogen) atoms. The highest BCUT2D eigenvalue weighted by Crippen LogP contribution is 2.14. The van der Waals surface area contributed by atoms with Gasteiger partial charge in [0.1, 0.15) is 11.5 Å². The number of halogens is 1. The quantitative estimate of drug-likeness (QED) is 0.795. The van der Waals surface area contributed by atoms with Gasteiger partial charge in [0.25, 0.3) is 5.89 Å². The monoisotopic (exact) mass is 236 g/mol. The van der Waals surface area contributed by atoms with Crippen LogP contribution in [-0.2, 0) is 6.42 Å². The third-order valence-corrected chi connectivity index (χ3v) is 2.19. The molecule has 0 aliphatic rings. The van der Waals surface area contributed by atoms with Crippen LogP contribution in [0.25, 0.3) is 11.6 Å². The van der Waals surface area contributed by atoms with E-state index in [1.54, 1.807) is 0 Å². The van der Waals surface area contributed by atoms with Gasteiger partial charge in [-0.25, -0.2) is 9.37 Å². The Labute approximate surface area is 98.1 Å². The van der Waals surface area contributed by atoms with E-state index >= 15 is 0 Å². The summed E-state index contributed by atoms with van der Waals surface area (Å²) < 4.78 is 17.7. The highest BCUT2D eigenvalue weighted by molar-refractivity contribution is 5.45. The van der Waals surface area contributed by atoms with Crippen molar-refractivity contribution >= 4 is 0 Å². The molecule has 0 saturated carbocycles. The molecule has 2 rings (SSSR count). The predicted octanol–water partition coefficient (Wildman–Crippen LogP) is 1.42. The fourth-order valence-electron chi connectivity index (χ4n) is 1.34. The molecule has 5 nitrogen and oxygen atoms in total. The van der Waals surface area contributed by atoms with Crippen molar-refractivity contribution in [2.24, 2.45) is 0 Å². The largest absolute Gasteiger partial charge is 0.332 e. The molecular weight excluding hydrogens is 223 g/mol. The molecule has 2 aromatic heterocycles. The molecule has 0 radical (unpaired) electrons. The van der Waals surface area contributed by atoms with Crippen LogP contribution in [0.15, 0.2) is 22.9 Å². The Morgan fingerprint density at radius 1 is 1.41 bits per heavy atom. The number of likely N-dealkylation sites (N-methyl/N-ethyl adjacent to an activating group) is 1. The second-order valence-electron chi connectivity index (χ2n) is 3.48. The van der Waals surface area contributed by atoms with Gasteiger partial charge in [0.2, 0.25) is 0 Å². The maximum atomic E-state index is 12.7. The summed E-state index contributed by atoms with van der Waals surface area (Å²) >= 11 is 0. The van der Waals surface area contributed by atoms with Gasteiger partial charge in [-0.3, -0.25) is 0 Å². The van der Waals surface area contributed by atoms with Crippen molar-refractivity contribution in [2.45, 2.75) is 13.3 Å². The van der Waals surface area contributed by atoms with E-state index in [0.29, 0.717) is 23.8 Å². The van der Waals surface area contributed by atoms with Gasteiger partial charge in [0, 0.05) is 13.0 Å². The van der Waals surface area contributed by atoms with E-state index in [-0.39, 0.29) is 5.82 Å². The first kappa shape index (κ1) is 11.7. The molecule has 90 valence electrons. The van der Waals surface area contributed by atoms with Crippen LogP contribution in [0.2, 0.25) is 0 Å². The average Bonchev–Trinajstić information content (AvgIpc) is 2.79. The zero-order valence-electron chi connectivity index (χ0n) is 9.48. The number of aromatic nitrogens is 3. The summed E-state index contributed by atoms with van der Waals surface area (Å²) in [4.78, 5) is 8.05. The highest BCUT2D eigenvalue weighted by atomic mass is 19.1. The van der Waals surface area contributed by atoms with Gasteiger partial charge in [-0.1, -0.05) is 12.1 Å². The number of pyridine rings is 1. The van der Waals surface area contributed by atoms with Gasteiger partial charge in [0.15, 0.2) is 5.82 Å². The third-order valence-electron chi connectivity index (χ3n) is 2.19. The zero-order chi connectivity index (χ0) is 12.1. The Morgan fingerprint density at radius 3 is 3.00 bits per heavy atom. The molecule has 0 aromatic carbocycles. The fraction of sp³-hybridized carbons (Fsp3) is 0.364. The van der Waals surface area contributed by atoms with Gasteiger partial charge >= 0.3 is 0 Å². The van der Waals surface area contributed by atoms with Crippen LogP contribution < -0.4 is 5.32 Å². The minimum atomic E-state index is -0.388. The van der Waals surface area contributed by atoms with E-state index in [9.17, 15) is 4.39 Å². The Balaban J connectivity index is 2.04. The van der Waals surface area contributed by atoms with Gasteiger partial charge in [-0.05, 0) is 18.7 Å². The first-order valence-corrected chi connectivity index (χ1v) is 5.45. The van der Waals surface area contributed by atoms with E-state index in [2.05, 4.69) is 20.4 Å². The molecular formula is C11H13FN4O. The van der Waals surface area contributed by atoms with Crippen LogP contribution in [0.1, 0.15) is 12.7 Å². The number of hydrogen-bond donors (Lipinski definition) is 1. The second kappa shape index (κ2) is 5.49. The highest BCUT2D eigenvalue weighted by Gasteiger charge is 2.09. The molecule has 2 heterocycles. The van der Waals surface area contributed by atoms with E-state index < -0.39 is 0 Å². The van der Waals surface area contributed by atoms with Crippen molar-refractivity contribution in [3.8, 4) is 11.6 Å². The summed E-state index contributed by atoms with van der Waals surface area (Å²) in [5, 5.41) is 6.99. The van der Waals surface area contributed by atoms with Crippen LogP contribution in [0, 0.1) is 5.82 Å². The maximum absolute atomic E-state index is 12.7. The van der Waals surface area contributed by atoms with Crippen molar-refractivity contribution in [1.29, 1.82) is 0 Å². The van der Waals surface area contributed by atoms with Crippen LogP contribution in [-0.4, -0.2) is 28.2 Å². The van der Waals surface area contributed by atoms with E-state index in [4.69, 9.17) is 4.52 Å². The van der Waals surface area contributed by atoms with Crippen molar-refractivity contribution in [1.82, 2.24) is 20.4 Å². The normalized spacial score (nSPS) is 10.7. The lowest BCUT2D eigenvalue weighted by Crippen LogP contribution is -2.16. The molecule has 0 spiro atoms. The van der Waals surface area contributed by atoms with E-state index in [1.807, 2.05) is 6.92 Å². The second-order valence-corrected chi connectivity index (χ2v) is 3.48. The van der Waals surface area contributed by atoms with Gasteiger partial charge in [0.05, 0.1) is 6.20 Å². The summed E-state index contributed by atoms with van der Waals surface area (Å²) in [6.45, 7) is 3.74. The topological polar surface area (TPSA) is 63.8 Å². The Bertz CT molecular complexity index is 469. The number of nitrogens with zero attached hydrogens (tertiary/aromatic N) is 3. The summed E-state index contributed by atoms with van der Waals surface area (Å²) in [5.74, 6) is 0.546. The lowest BCUT2D eigenvalue weighted by Gasteiger charge is -1.95. The van der Waals surface area contributed by atoms with Crippen LogP contribution >= 0.6 is 0 Å². The number of hydrogen-bond acceptors (Lipinski definition) is 5. The maximum Gasteiger partial charge on any atom is 0.276 e. The number of nitrogens with one attached hydrogen (secondary N) is 1. The van der Waals surface area contributed by atoms with Gasteiger partial charge in [-0.15, -0.1) is 0 Å². The summed E-state index contributed by atoms with van der Waals surface area (Å²) in [5.41, 5.74) is 0.480. The number of rotatable bonds is 5. The third kappa shape index (κ3) is 3.07. The van der Waals surface area contributed by atoms with E-state index in [0.717, 1.165) is 19.3 Å². The minimum Gasteiger partial charge on any atom is -0.332 e. The molecule has 6 heteroatoms. The fourth-order valence-corrected chi connectivity index (χ4v) is 1.34. The lowest BCUT2D eigenvalue weighted by atomic mass is 10.3. The van der Waals surface area contributed by atoms with Crippen LogP contribution in [0.5, 0.6) is 0 Å². The predicted molar refractivity (Wildman–Crippen MR) is 59.7 cm³/mol. The molecule has 0 unspecified atom stereocenters. The molecule has 0 aliphatic heterocycles. The Kier molecular flexibility index (Phi) is 3.77. The Morgan fingerprint density at radius 2 is 2.29 bits per heavy atom. The summed E-state index contributed by atoms with van der Waals surface area (Å²) in [7, 11) is 0. The van der Waals surface area contributed by atoms with Crippen LogP contribution in [0.4, 0.5) is 4.39 Å². The van der Waals surface area contributed by atoms with E-state index in [1.165, 1.54) is 12.1 Å². The molecule has 0 amide bonds. The van der Waals surface area contributed by atoms with Crippen molar-refractivity contribution in [3.63, 3.8) is 0 Å². The first-order valence-electron chi connectivity index (χ1n) is 5.45. The molecule has 1 N–H and O–H groups in total. The van der Waals surface area contributed by atoms with Crippen molar-refractivity contribution in [3.05, 3.63) is 30.0 Å². The Hall–Kier alpha value is -1.82. The first-order chi connectivity index (χ1) is 8.29. The van der Waals surface area contributed by atoms with Gasteiger partial charge in [-0.2, -0.15) is 4.98 Å². The molecule has 0 saturated heterocycles. The smallest absolute Gasteiger partial charge is 0.276 e. The summed E-state index contributed by atoms with van der Waals surface area (Å²) in [6.07, 6.45) is 1.82. The molecule has 0 fully saturated rings. The molecule has 2 aromatic rings. The molecule has 0 atom stereocenters. The minimum absolute atomic E-state index is 0.316. The zero-order valence-corrected chi connectivity index (χ0v) is 9.48. The average molecular weight is 236 g/mol. The molecule has 0 bridgehead atoms. The lowest BCUT2D eigenvalue weighted by molar-refractivity contribution is 0.420. The summed E-state index contributed by atoms with van der Waals surface area (Å²) in [6, 6.07) is 2.82. The molecule has 0 aliphatic carbocycles. The standard InChI is InChI=1S/C11H13FN4O/c1-2-13-6-5-10-15-11(17-16-10)9-4-3-8(12)7-14-9/h3-4,7,13H,2,5-6H2,1H3. The SMILES string of the molecule is CCNCCc1noc(-c2ccc(F)cn2)n1. The van der Waals surface area contributed by atoms with Crippen LogP contribution in [0.3, 0.4) is 0 Å².